The van der Waals surface area contributed by atoms with Crippen molar-refractivity contribution >= 4 is 18.0 Å². The van der Waals surface area contributed by atoms with Crippen LogP contribution in [0.25, 0.3) is 11.1 Å². The normalized spacial score (nSPS) is 18.5. The summed E-state index contributed by atoms with van der Waals surface area (Å²) in [7, 11) is 0. The standard InChI is InChI=1S/C30H28F2N2O5/c31-30(32)25(27(30)28(37)34(15-14-26(35)36)17-19-8-2-1-3-9-19)16-33-29(38)39-18-24-22-12-6-4-10-20(22)21-11-5-7-13-23(21)24/h1-13,24-25,27H,14-18H2,(H,33,38)(H,35,36)/t25-,27-/m0/s1. The van der Waals surface area contributed by atoms with Gasteiger partial charge in [0.15, 0.2) is 0 Å². The molecule has 5 rings (SSSR count). The molecule has 2 aliphatic carbocycles. The first kappa shape index (κ1) is 26.3. The Morgan fingerprint density at radius 3 is 2.10 bits per heavy atom. The molecule has 2 amide bonds. The zero-order chi connectivity index (χ0) is 27.6. The second kappa shape index (κ2) is 10.8. The monoisotopic (exact) mass is 534 g/mol. The Morgan fingerprint density at radius 1 is 0.897 bits per heavy atom. The molecule has 0 saturated heterocycles. The molecule has 3 aromatic rings. The summed E-state index contributed by atoms with van der Waals surface area (Å²) >= 11 is 0. The van der Waals surface area contributed by atoms with Gasteiger partial charge < -0.3 is 20.1 Å². The van der Waals surface area contributed by atoms with Crippen LogP contribution in [0.2, 0.25) is 0 Å². The van der Waals surface area contributed by atoms with Gasteiger partial charge in [-0.1, -0.05) is 78.9 Å². The Hall–Kier alpha value is -4.27. The van der Waals surface area contributed by atoms with E-state index in [2.05, 4.69) is 5.32 Å². The van der Waals surface area contributed by atoms with Crippen LogP contribution in [0.3, 0.4) is 0 Å². The number of nitrogens with zero attached hydrogens (tertiary/aromatic N) is 1. The fraction of sp³-hybridized carbons (Fsp3) is 0.300. The molecule has 2 aliphatic rings. The first-order valence-corrected chi connectivity index (χ1v) is 12.8. The molecule has 7 nitrogen and oxygen atoms in total. The van der Waals surface area contributed by atoms with E-state index < -0.39 is 42.3 Å². The molecule has 1 fully saturated rings. The molecule has 9 heteroatoms. The van der Waals surface area contributed by atoms with Crippen molar-refractivity contribution in [1.29, 1.82) is 0 Å². The maximum Gasteiger partial charge on any atom is 0.407 e. The first-order valence-electron chi connectivity index (χ1n) is 12.8. The number of carbonyl (C=O) groups excluding carboxylic acids is 2. The van der Waals surface area contributed by atoms with E-state index in [1.807, 2.05) is 48.5 Å². The summed E-state index contributed by atoms with van der Waals surface area (Å²) in [6.07, 6.45) is -1.20. The van der Waals surface area contributed by atoms with Crippen molar-refractivity contribution in [1.82, 2.24) is 10.2 Å². The van der Waals surface area contributed by atoms with Crippen LogP contribution in [0.5, 0.6) is 0 Å². The molecular weight excluding hydrogens is 506 g/mol. The molecule has 0 unspecified atom stereocenters. The van der Waals surface area contributed by atoms with Crippen molar-refractivity contribution in [3.8, 4) is 11.1 Å². The number of aliphatic carboxylic acids is 1. The quantitative estimate of drug-likeness (QED) is 0.385. The Bertz CT molecular complexity index is 1340. The molecule has 0 spiro atoms. The van der Waals surface area contributed by atoms with Crippen LogP contribution < -0.4 is 5.32 Å². The summed E-state index contributed by atoms with van der Waals surface area (Å²) in [6.45, 7) is -0.560. The number of alkyl carbamates (subject to hydrolysis) is 1. The Balaban J connectivity index is 1.18. The molecule has 39 heavy (non-hydrogen) atoms. The number of benzene rings is 3. The molecular formula is C30H28F2N2O5. The van der Waals surface area contributed by atoms with Crippen LogP contribution in [-0.4, -0.2) is 53.6 Å². The lowest BCUT2D eigenvalue weighted by Crippen LogP contribution is -2.35. The summed E-state index contributed by atoms with van der Waals surface area (Å²) in [4.78, 5) is 37.7. The Labute approximate surface area is 224 Å². The van der Waals surface area contributed by atoms with Crippen molar-refractivity contribution in [3.05, 3.63) is 95.6 Å². The van der Waals surface area contributed by atoms with Crippen LogP contribution in [0.1, 0.15) is 29.0 Å². The number of hydrogen-bond donors (Lipinski definition) is 2. The summed E-state index contributed by atoms with van der Waals surface area (Å²) in [6, 6.07) is 24.5. The average Bonchev–Trinajstić information content (AvgIpc) is 3.34. The molecule has 0 bridgehead atoms. The van der Waals surface area contributed by atoms with Crippen molar-refractivity contribution in [3.63, 3.8) is 0 Å². The van der Waals surface area contributed by atoms with Crippen molar-refractivity contribution in [2.45, 2.75) is 24.8 Å². The van der Waals surface area contributed by atoms with Gasteiger partial charge in [0.1, 0.15) is 12.5 Å². The molecule has 0 aliphatic heterocycles. The number of halogens is 2. The highest BCUT2D eigenvalue weighted by Crippen LogP contribution is 2.55. The van der Waals surface area contributed by atoms with Crippen LogP contribution in [0.15, 0.2) is 78.9 Å². The van der Waals surface area contributed by atoms with E-state index in [1.165, 1.54) is 0 Å². The number of amides is 2. The van der Waals surface area contributed by atoms with Crippen LogP contribution in [0, 0.1) is 11.8 Å². The van der Waals surface area contributed by atoms with Gasteiger partial charge in [-0.25, -0.2) is 13.6 Å². The van der Waals surface area contributed by atoms with Crippen LogP contribution >= 0.6 is 0 Å². The minimum atomic E-state index is -3.31. The zero-order valence-electron chi connectivity index (χ0n) is 21.1. The third-order valence-corrected chi connectivity index (χ3v) is 7.40. The van der Waals surface area contributed by atoms with E-state index >= 15 is 0 Å². The van der Waals surface area contributed by atoms with E-state index in [4.69, 9.17) is 9.84 Å². The van der Waals surface area contributed by atoms with Gasteiger partial charge in [-0.2, -0.15) is 0 Å². The van der Waals surface area contributed by atoms with Crippen LogP contribution in [0.4, 0.5) is 13.6 Å². The molecule has 1 saturated carbocycles. The summed E-state index contributed by atoms with van der Waals surface area (Å²) in [5.74, 6) is -8.47. The van der Waals surface area contributed by atoms with Crippen molar-refractivity contribution < 1.29 is 33.0 Å². The van der Waals surface area contributed by atoms with Gasteiger partial charge in [-0.05, 0) is 27.8 Å². The third-order valence-electron chi connectivity index (χ3n) is 7.40. The predicted octanol–water partition coefficient (Wildman–Crippen LogP) is 4.91. The number of alkyl halides is 2. The van der Waals surface area contributed by atoms with Crippen molar-refractivity contribution in [2.24, 2.45) is 11.8 Å². The molecule has 0 aromatic heterocycles. The van der Waals surface area contributed by atoms with E-state index in [0.29, 0.717) is 5.56 Å². The first-order chi connectivity index (χ1) is 18.8. The fourth-order valence-electron chi connectivity index (χ4n) is 5.32. The maximum atomic E-state index is 14.7. The fourth-order valence-corrected chi connectivity index (χ4v) is 5.32. The molecule has 2 atom stereocenters. The summed E-state index contributed by atoms with van der Waals surface area (Å²) in [5, 5.41) is 11.4. The lowest BCUT2D eigenvalue weighted by atomic mass is 9.98. The van der Waals surface area contributed by atoms with Gasteiger partial charge >= 0.3 is 12.1 Å². The Morgan fingerprint density at radius 2 is 1.49 bits per heavy atom. The highest BCUT2D eigenvalue weighted by Gasteiger charge is 2.72. The minimum absolute atomic E-state index is 0.0199. The largest absolute Gasteiger partial charge is 0.481 e. The van der Waals surface area contributed by atoms with Gasteiger partial charge in [0.25, 0.3) is 5.92 Å². The molecule has 0 heterocycles. The number of fused-ring (bicyclic) bond motifs is 3. The van der Waals surface area contributed by atoms with E-state index in [1.54, 1.807) is 30.3 Å². The SMILES string of the molecule is O=C(O)CCN(Cc1ccccc1)C(=O)[C@@H]1[C@H](CNC(=O)OCC2c3ccccc3-c3ccccc32)C1(F)F. The van der Waals surface area contributed by atoms with Gasteiger partial charge in [0, 0.05) is 25.6 Å². The maximum absolute atomic E-state index is 14.7. The predicted molar refractivity (Wildman–Crippen MR) is 139 cm³/mol. The number of nitrogens with one attached hydrogen (secondary N) is 1. The third kappa shape index (κ3) is 5.48. The second-order valence-electron chi connectivity index (χ2n) is 9.85. The van der Waals surface area contributed by atoms with E-state index in [9.17, 15) is 23.2 Å². The molecule has 0 radical (unpaired) electrons. The number of hydrogen-bond acceptors (Lipinski definition) is 4. The summed E-state index contributed by atoms with van der Waals surface area (Å²) < 4.78 is 34.7. The lowest BCUT2D eigenvalue weighted by molar-refractivity contribution is -0.139. The molecule has 2 N–H and O–H groups in total. The summed E-state index contributed by atoms with van der Waals surface area (Å²) in [5.41, 5.74) is 4.91. The lowest BCUT2D eigenvalue weighted by Gasteiger charge is -2.22. The minimum Gasteiger partial charge on any atom is -0.481 e. The van der Waals surface area contributed by atoms with E-state index in [-0.39, 0.29) is 32.0 Å². The van der Waals surface area contributed by atoms with Gasteiger partial charge in [-0.3, -0.25) is 9.59 Å². The highest BCUT2D eigenvalue weighted by molar-refractivity contribution is 5.84. The highest BCUT2D eigenvalue weighted by atomic mass is 19.3. The second-order valence-corrected chi connectivity index (χ2v) is 9.85. The number of ether oxygens (including phenoxy) is 1. The number of carbonyl (C=O) groups is 3. The number of carboxylic acids is 1. The van der Waals surface area contributed by atoms with Crippen molar-refractivity contribution in [2.75, 3.05) is 19.7 Å². The molecule has 3 aromatic carbocycles. The topological polar surface area (TPSA) is 95.9 Å². The smallest absolute Gasteiger partial charge is 0.407 e. The van der Waals surface area contributed by atoms with Gasteiger partial charge in [0.2, 0.25) is 5.91 Å². The van der Waals surface area contributed by atoms with E-state index in [0.717, 1.165) is 27.2 Å². The van der Waals surface area contributed by atoms with Crippen LogP contribution in [-0.2, 0) is 20.9 Å². The van der Waals surface area contributed by atoms with Gasteiger partial charge in [0.05, 0.1) is 12.3 Å². The number of carboxylic acid groups (broad SMARTS) is 1. The zero-order valence-corrected chi connectivity index (χ0v) is 21.1. The van der Waals surface area contributed by atoms with Gasteiger partial charge in [-0.15, -0.1) is 0 Å². The Kier molecular flexibility index (Phi) is 7.32. The molecule has 202 valence electrons. The number of rotatable bonds is 10. The average molecular weight is 535 g/mol.